The molecule has 1 unspecified atom stereocenters. The molecule has 0 radical (unpaired) electrons. The number of benzene rings is 1. The quantitative estimate of drug-likeness (QED) is 0.182. The molecule has 1 amide bonds. The number of carbonyl (C=O) groups is 2. The van der Waals surface area contributed by atoms with Crippen molar-refractivity contribution in [2.24, 2.45) is 0 Å². The van der Waals surface area contributed by atoms with E-state index in [1.54, 1.807) is 61.1 Å². The Kier molecular flexibility index (Phi) is 6.33. The summed E-state index contributed by atoms with van der Waals surface area (Å²) < 4.78 is 6.63. The highest BCUT2D eigenvalue weighted by Gasteiger charge is 2.34. The summed E-state index contributed by atoms with van der Waals surface area (Å²) in [5.41, 5.74) is 8.94. The second-order valence-electron chi connectivity index (χ2n) is 7.50. The molecule has 4 rings (SSSR count). The second kappa shape index (κ2) is 9.36. The van der Waals surface area contributed by atoms with Gasteiger partial charge in [0.05, 0.1) is 12.2 Å². The molecule has 11 heteroatoms. The normalized spacial score (nSPS) is 14.7. The number of amides is 1. The van der Waals surface area contributed by atoms with Crippen molar-refractivity contribution in [2.75, 3.05) is 23.0 Å². The highest BCUT2D eigenvalue weighted by atomic mass is 35.5. The van der Waals surface area contributed by atoms with Crippen molar-refractivity contribution < 1.29 is 14.3 Å². The van der Waals surface area contributed by atoms with E-state index in [1.807, 2.05) is 0 Å². The average molecular weight is 480 g/mol. The zero-order chi connectivity index (χ0) is 24.4. The van der Waals surface area contributed by atoms with Crippen LogP contribution >= 0.6 is 11.6 Å². The number of nitrogens with zero attached hydrogens (tertiary/aromatic N) is 3. The number of halogens is 1. The van der Waals surface area contributed by atoms with Gasteiger partial charge in [0.25, 0.3) is 5.91 Å². The van der Waals surface area contributed by atoms with Crippen molar-refractivity contribution in [1.82, 2.24) is 14.8 Å². The number of hydrogen-bond donors (Lipinski definition) is 4. The zero-order valence-corrected chi connectivity index (χ0v) is 19.2. The number of esters is 1. The van der Waals surface area contributed by atoms with Crippen LogP contribution in [0.2, 0.25) is 5.15 Å². The molecule has 1 aromatic carbocycles. The summed E-state index contributed by atoms with van der Waals surface area (Å²) in [4.78, 5) is 29.9. The number of aromatic nitrogens is 3. The minimum atomic E-state index is -0.694. The number of rotatable bonds is 6. The number of fused-ring (bicyclic) bond motifs is 1. The third kappa shape index (κ3) is 4.35. The molecule has 1 aliphatic rings. The Morgan fingerprint density at radius 3 is 2.79 bits per heavy atom. The van der Waals surface area contributed by atoms with Crippen LogP contribution in [-0.4, -0.2) is 39.5 Å². The Labute approximate surface area is 200 Å². The fourth-order valence-corrected chi connectivity index (χ4v) is 3.82. The minimum absolute atomic E-state index is 0.111. The van der Waals surface area contributed by atoms with Crippen LogP contribution in [0.4, 0.5) is 17.2 Å². The minimum Gasteiger partial charge on any atom is -0.461 e. The van der Waals surface area contributed by atoms with Crippen LogP contribution in [0.5, 0.6) is 0 Å². The van der Waals surface area contributed by atoms with E-state index in [0.717, 1.165) is 6.21 Å². The van der Waals surface area contributed by atoms with Crippen LogP contribution in [0.3, 0.4) is 0 Å². The van der Waals surface area contributed by atoms with Crippen LogP contribution in [0.15, 0.2) is 53.9 Å². The van der Waals surface area contributed by atoms with Gasteiger partial charge in [-0.25, -0.2) is 14.5 Å². The largest absolute Gasteiger partial charge is 0.461 e. The van der Waals surface area contributed by atoms with Gasteiger partial charge in [0.2, 0.25) is 0 Å². The maximum atomic E-state index is 13.5. The van der Waals surface area contributed by atoms with Crippen molar-refractivity contribution in [3.63, 3.8) is 0 Å². The number of pyridine rings is 1. The van der Waals surface area contributed by atoms with Crippen molar-refractivity contribution in [3.8, 4) is 0 Å². The second-order valence-corrected chi connectivity index (χ2v) is 7.89. The van der Waals surface area contributed by atoms with Crippen molar-refractivity contribution in [3.05, 3.63) is 75.8 Å². The summed E-state index contributed by atoms with van der Waals surface area (Å²) >= 11 is 5.98. The Bertz CT molecular complexity index is 1310. The molecule has 0 saturated carbocycles. The van der Waals surface area contributed by atoms with Crippen molar-refractivity contribution >= 4 is 46.9 Å². The van der Waals surface area contributed by atoms with E-state index in [-0.39, 0.29) is 12.3 Å². The molecule has 0 aliphatic carbocycles. The number of nitrogen functional groups attached to an aromatic ring is 1. The SMILES string of the molecule is CCOC(=O)c1cc2n(n1)C(c1ccc(Cl)nc1)C(C(=O)Nc1ccc(N)c(C=N)c1)=C(C)N2. The molecule has 3 aromatic rings. The number of anilines is 3. The van der Waals surface area contributed by atoms with E-state index in [2.05, 4.69) is 20.7 Å². The summed E-state index contributed by atoms with van der Waals surface area (Å²) in [5, 5.41) is 18.2. The van der Waals surface area contributed by atoms with Crippen LogP contribution in [-0.2, 0) is 9.53 Å². The standard InChI is InChI=1S/C23H22ClN7O3/c1-3-34-23(33)17-9-19-28-12(2)20(21(31(19)30-17)13-4-7-18(24)27-11-13)22(32)29-15-5-6-16(26)14(8-15)10-25/h4-11,21,25,28H,3,26H2,1-2H3,(H,29,32). The highest BCUT2D eigenvalue weighted by molar-refractivity contribution is 6.29. The molecule has 3 heterocycles. The molecule has 5 N–H and O–H groups in total. The molecular formula is C23H22ClN7O3. The average Bonchev–Trinajstić information content (AvgIpc) is 3.24. The van der Waals surface area contributed by atoms with Crippen molar-refractivity contribution in [1.29, 1.82) is 5.41 Å². The fraction of sp³-hybridized carbons (Fsp3) is 0.174. The third-order valence-corrected chi connectivity index (χ3v) is 5.49. The number of nitrogens with one attached hydrogen (secondary N) is 3. The summed E-state index contributed by atoms with van der Waals surface area (Å²) in [6.07, 6.45) is 2.68. The van der Waals surface area contributed by atoms with Gasteiger partial charge in [-0.3, -0.25) is 4.79 Å². The van der Waals surface area contributed by atoms with E-state index in [1.165, 1.54) is 0 Å². The Morgan fingerprint density at radius 1 is 1.32 bits per heavy atom. The predicted octanol–water partition coefficient (Wildman–Crippen LogP) is 3.62. The van der Waals surface area contributed by atoms with Crippen molar-refractivity contribution in [2.45, 2.75) is 19.9 Å². The van der Waals surface area contributed by atoms with Gasteiger partial charge in [0.15, 0.2) is 5.69 Å². The van der Waals surface area contributed by atoms with Crippen LogP contribution < -0.4 is 16.4 Å². The summed E-state index contributed by atoms with van der Waals surface area (Å²) in [5.74, 6) is -0.441. The molecule has 0 spiro atoms. The number of hydrogen-bond acceptors (Lipinski definition) is 8. The lowest BCUT2D eigenvalue weighted by atomic mass is 9.96. The van der Waals surface area contributed by atoms with Gasteiger partial charge in [-0.05, 0) is 43.7 Å². The van der Waals surface area contributed by atoms with Gasteiger partial charge in [0.1, 0.15) is 17.0 Å². The maximum Gasteiger partial charge on any atom is 0.358 e. The first-order valence-electron chi connectivity index (χ1n) is 10.4. The highest BCUT2D eigenvalue weighted by Crippen LogP contribution is 2.37. The van der Waals surface area contributed by atoms with Gasteiger partial charge in [-0.2, -0.15) is 5.10 Å². The Morgan fingerprint density at radius 2 is 2.12 bits per heavy atom. The van der Waals surface area contributed by atoms with Gasteiger partial charge >= 0.3 is 5.97 Å². The monoisotopic (exact) mass is 479 g/mol. The Balaban J connectivity index is 1.77. The lowest BCUT2D eigenvalue weighted by molar-refractivity contribution is -0.113. The molecular weight excluding hydrogens is 458 g/mol. The van der Waals surface area contributed by atoms with Gasteiger partial charge < -0.3 is 26.5 Å². The number of nitrogens with two attached hydrogens (primary N) is 1. The van der Waals surface area contributed by atoms with Crippen LogP contribution in [0.1, 0.15) is 41.5 Å². The third-order valence-electron chi connectivity index (χ3n) is 5.27. The molecule has 2 aromatic heterocycles. The number of carbonyl (C=O) groups excluding carboxylic acids is 2. The fourth-order valence-electron chi connectivity index (χ4n) is 3.70. The van der Waals surface area contributed by atoms with E-state index in [4.69, 9.17) is 27.5 Å². The number of ether oxygens (including phenoxy) is 1. The lowest BCUT2D eigenvalue weighted by Gasteiger charge is -2.29. The summed E-state index contributed by atoms with van der Waals surface area (Å²) in [6.45, 7) is 3.69. The zero-order valence-electron chi connectivity index (χ0n) is 18.4. The molecule has 34 heavy (non-hydrogen) atoms. The summed E-state index contributed by atoms with van der Waals surface area (Å²) in [6, 6.07) is 9.14. The maximum absolute atomic E-state index is 13.5. The van der Waals surface area contributed by atoms with E-state index in [0.29, 0.717) is 44.7 Å². The topological polar surface area (TPSA) is 148 Å². The van der Waals surface area contributed by atoms with Crippen LogP contribution in [0.25, 0.3) is 0 Å². The Hall–Kier alpha value is -4.18. The van der Waals surface area contributed by atoms with E-state index in [9.17, 15) is 9.59 Å². The first kappa shape index (κ1) is 23.0. The van der Waals surface area contributed by atoms with Gasteiger partial charge in [-0.1, -0.05) is 17.7 Å². The van der Waals surface area contributed by atoms with Crippen LogP contribution in [0, 0.1) is 5.41 Å². The molecule has 1 atom stereocenters. The first-order valence-corrected chi connectivity index (χ1v) is 10.8. The van der Waals surface area contributed by atoms with Gasteiger partial charge in [0, 0.05) is 41.1 Å². The smallest absolute Gasteiger partial charge is 0.358 e. The van der Waals surface area contributed by atoms with E-state index >= 15 is 0 Å². The number of allylic oxidation sites excluding steroid dienone is 1. The molecule has 10 nitrogen and oxygen atoms in total. The molecule has 0 saturated heterocycles. The summed E-state index contributed by atoms with van der Waals surface area (Å²) in [7, 11) is 0. The molecule has 0 bridgehead atoms. The predicted molar refractivity (Wildman–Crippen MR) is 129 cm³/mol. The molecule has 0 fully saturated rings. The van der Waals surface area contributed by atoms with E-state index < -0.39 is 17.9 Å². The molecule has 174 valence electrons. The molecule has 1 aliphatic heterocycles. The van der Waals surface area contributed by atoms with Gasteiger partial charge in [-0.15, -0.1) is 0 Å². The lowest BCUT2D eigenvalue weighted by Crippen LogP contribution is -2.31. The first-order chi connectivity index (χ1) is 16.3.